The van der Waals surface area contributed by atoms with E-state index in [1.165, 1.54) is 25.3 Å². The van der Waals surface area contributed by atoms with Crippen molar-refractivity contribution in [2.24, 2.45) is 0 Å². The van der Waals surface area contributed by atoms with Gasteiger partial charge >= 0.3 is 6.03 Å². The lowest BCUT2D eigenvalue weighted by Crippen LogP contribution is -2.51. The van der Waals surface area contributed by atoms with Crippen LogP contribution in [0.2, 0.25) is 5.02 Å². The van der Waals surface area contributed by atoms with Crippen molar-refractivity contribution >= 4 is 29.0 Å². The Morgan fingerprint density at radius 2 is 2.23 bits per heavy atom. The molecular formula is C13H18ClN3O5. The van der Waals surface area contributed by atoms with Gasteiger partial charge < -0.3 is 20.5 Å². The van der Waals surface area contributed by atoms with E-state index in [1.807, 2.05) is 0 Å². The summed E-state index contributed by atoms with van der Waals surface area (Å²) in [6.07, 6.45) is 0.301. The largest absolute Gasteiger partial charge is 0.396 e. The first-order valence-electron chi connectivity index (χ1n) is 6.44. The Morgan fingerprint density at radius 1 is 1.55 bits per heavy atom. The number of nitro groups is 1. The number of amides is 2. The zero-order valence-electron chi connectivity index (χ0n) is 12.3. The maximum atomic E-state index is 12.0. The Morgan fingerprint density at radius 3 is 2.77 bits per heavy atom. The van der Waals surface area contributed by atoms with Crippen molar-refractivity contribution in [3.05, 3.63) is 33.3 Å². The van der Waals surface area contributed by atoms with Crippen molar-refractivity contribution < 1.29 is 19.6 Å². The smallest absolute Gasteiger partial charge is 0.319 e. The van der Waals surface area contributed by atoms with E-state index in [2.05, 4.69) is 10.6 Å². The van der Waals surface area contributed by atoms with Gasteiger partial charge in [-0.05, 0) is 25.5 Å². The van der Waals surface area contributed by atoms with Gasteiger partial charge in [-0.3, -0.25) is 10.1 Å². The minimum atomic E-state index is -0.758. The number of anilines is 1. The first-order valence-corrected chi connectivity index (χ1v) is 6.82. The average molecular weight is 332 g/mol. The molecule has 1 rings (SSSR count). The summed E-state index contributed by atoms with van der Waals surface area (Å²) < 4.78 is 5.02. The normalized spacial score (nSPS) is 13.3. The molecule has 0 spiro atoms. The number of carbonyl (C=O) groups is 1. The number of methoxy groups -OCH3 is 1. The van der Waals surface area contributed by atoms with Crippen molar-refractivity contribution in [3.63, 3.8) is 0 Å². The molecule has 9 heteroatoms. The second-order valence-corrected chi connectivity index (χ2v) is 5.38. The van der Waals surface area contributed by atoms with Gasteiger partial charge in [0.25, 0.3) is 5.69 Å². The summed E-state index contributed by atoms with van der Waals surface area (Å²) in [4.78, 5) is 22.2. The lowest BCUT2D eigenvalue weighted by molar-refractivity contribution is -0.384. The zero-order chi connectivity index (χ0) is 16.8. The van der Waals surface area contributed by atoms with E-state index < -0.39 is 16.5 Å². The zero-order valence-corrected chi connectivity index (χ0v) is 13.0. The highest BCUT2D eigenvalue weighted by Crippen LogP contribution is 2.27. The molecule has 0 heterocycles. The summed E-state index contributed by atoms with van der Waals surface area (Å²) in [5.41, 5.74) is -0.821. The summed E-state index contributed by atoms with van der Waals surface area (Å²) in [7, 11) is 1.48. The first-order chi connectivity index (χ1) is 10.3. The van der Waals surface area contributed by atoms with Crippen LogP contribution in [-0.2, 0) is 4.74 Å². The Bertz CT molecular complexity index is 546. The summed E-state index contributed by atoms with van der Waals surface area (Å²) in [5.74, 6) is 0. The van der Waals surface area contributed by atoms with E-state index in [0.29, 0.717) is 6.42 Å². The molecule has 3 N–H and O–H groups in total. The molecule has 0 aliphatic rings. The number of hydrogen-bond acceptors (Lipinski definition) is 5. The van der Waals surface area contributed by atoms with Crippen LogP contribution < -0.4 is 10.6 Å². The van der Waals surface area contributed by atoms with Gasteiger partial charge in [-0.2, -0.15) is 0 Å². The molecule has 1 unspecified atom stereocenters. The van der Waals surface area contributed by atoms with Crippen molar-refractivity contribution in [1.82, 2.24) is 5.32 Å². The van der Waals surface area contributed by atoms with E-state index in [-0.39, 0.29) is 29.6 Å². The Kier molecular flexibility index (Phi) is 6.54. The molecule has 0 saturated carbocycles. The fraction of sp³-hybridized carbons (Fsp3) is 0.462. The molecule has 0 radical (unpaired) electrons. The maximum absolute atomic E-state index is 12.0. The van der Waals surface area contributed by atoms with Gasteiger partial charge in [0, 0.05) is 25.5 Å². The van der Waals surface area contributed by atoms with Gasteiger partial charge in [0.05, 0.1) is 17.1 Å². The quantitative estimate of drug-likeness (QED) is 0.523. The number of aliphatic hydroxyl groups is 1. The van der Waals surface area contributed by atoms with Gasteiger partial charge in [0.1, 0.15) is 5.02 Å². The number of urea groups is 1. The van der Waals surface area contributed by atoms with Gasteiger partial charge in [-0.15, -0.1) is 0 Å². The van der Waals surface area contributed by atoms with Crippen molar-refractivity contribution in [2.75, 3.05) is 25.6 Å². The topological polar surface area (TPSA) is 114 Å². The monoisotopic (exact) mass is 331 g/mol. The molecule has 0 fully saturated rings. The molecule has 0 bridgehead atoms. The van der Waals surface area contributed by atoms with Gasteiger partial charge in [0.15, 0.2) is 0 Å². The molecule has 0 aliphatic carbocycles. The predicted molar refractivity (Wildman–Crippen MR) is 82.2 cm³/mol. The van der Waals surface area contributed by atoms with E-state index in [1.54, 1.807) is 6.92 Å². The fourth-order valence-corrected chi connectivity index (χ4v) is 2.09. The molecule has 0 aromatic heterocycles. The molecular weight excluding hydrogens is 314 g/mol. The van der Waals surface area contributed by atoms with Gasteiger partial charge in [-0.25, -0.2) is 4.79 Å². The number of nitrogens with zero attached hydrogens (tertiary/aromatic N) is 1. The number of benzene rings is 1. The maximum Gasteiger partial charge on any atom is 0.319 e. The summed E-state index contributed by atoms with van der Waals surface area (Å²) in [5, 5.41) is 25.0. The summed E-state index contributed by atoms with van der Waals surface area (Å²) in [6, 6.07) is 3.39. The first kappa shape index (κ1) is 18.1. The third-order valence-corrected chi connectivity index (χ3v) is 3.26. The van der Waals surface area contributed by atoms with Crippen molar-refractivity contribution in [2.45, 2.75) is 18.9 Å². The average Bonchev–Trinajstić information content (AvgIpc) is 2.40. The summed E-state index contributed by atoms with van der Waals surface area (Å²) in [6.45, 7) is 1.81. The van der Waals surface area contributed by atoms with Crippen LogP contribution >= 0.6 is 11.6 Å². The van der Waals surface area contributed by atoms with Crippen LogP contribution in [0.4, 0.5) is 16.2 Å². The van der Waals surface area contributed by atoms with E-state index in [9.17, 15) is 14.9 Å². The van der Waals surface area contributed by atoms with Crippen LogP contribution in [0.5, 0.6) is 0 Å². The molecule has 1 aromatic rings. The van der Waals surface area contributed by atoms with Crippen LogP contribution in [0.15, 0.2) is 18.2 Å². The minimum Gasteiger partial charge on any atom is -0.396 e. The molecule has 8 nitrogen and oxygen atoms in total. The van der Waals surface area contributed by atoms with Crippen LogP contribution in [0, 0.1) is 10.1 Å². The summed E-state index contributed by atoms with van der Waals surface area (Å²) >= 11 is 5.70. The Hall–Kier alpha value is -1.90. The highest BCUT2D eigenvalue weighted by molar-refractivity contribution is 6.32. The molecule has 22 heavy (non-hydrogen) atoms. The number of halogens is 1. The number of rotatable bonds is 7. The van der Waals surface area contributed by atoms with E-state index >= 15 is 0 Å². The van der Waals surface area contributed by atoms with Gasteiger partial charge in [-0.1, -0.05) is 11.6 Å². The molecule has 0 aliphatic heterocycles. The number of ether oxygens (including phenoxy) is 1. The fourth-order valence-electron chi connectivity index (χ4n) is 1.90. The number of carbonyl (C=O) groups excluding carboxylic acids is 1. The molecule has 2 amide bonds. The van der Waals surface area contributed by atoms with Gasteiger partial charge in [0.2, 0.25) is 0 Å². The van der Waals surface area contributed by atoms with Crippen molar-refractivity contribution in [3.8, 4) is 0 Å². The molecule has 122 valence electrons. The third-order valence-electron chi connectivity index (χ3n) is 2.94. The van der Waals surface area contributed by atoms with Crippen molar-refractivity contribution in [1.29, 1.82) is 0 Å². The number of aliphatic hydroxyl groups excluding tert-OH is 1. The second-order valence-electron chi connectivity index (χ2n) is 4.97. The Labute approximate surface area is 132 Å². The lowest BCUT2D eigenvalue weighted by atomic mass is 10.00. The van der Waals surface area contributed by atoms with Crippen LogP contribution in [-0.4, -0.2) is 41.9 Å². The van der Waals surface area contributed by atoms with Crippen LogP contribution in [0.1, 0.15) is 13.3 Å². The highest BCUT2D eigenvalue weighted by Gasteiger charge is 2.26. The van der Waals surface area contributed by atoms with E-state index in [0.717, 1.165) is 0 Å². The number of nitro benzene ring substituents is 1. The lowest BCUT2D eigenvalue weighted by Gasteiger charge is -2.29. The SMILES string of the molecule is COCC(C)(CCO)NC(=O)Nc1ccc(Cl)c([N+](=O)[O-])c1. The predicted octanol–water partition coefficient (Wildman–Crippen LogP) is 2.16. The minimum absolute atomic E-state index is 0.0135. The number of hydrogen-bond donors (Lipinski definition) is 3. The van der Waals surface area contributed by atoms with Crippen LogP contribution in [0.3, 0.4) is 0 Å². The third kappa shape index (κ3) is 5.14. The van der Waals surface area contributed by atoms with E-state index in [4.69, 9.17) is 21.4 Å². The Balaban J connectivity index is 2.80. The number of nitrogens with one attached hydrogen (secondary N) is 2. The molecule has 1 atom stereocenters. The standard InChI is InChI=1S/C13H18ClN3O5/c1-13(5-6-18,8-22-2)16-12(19)15-9-3-4-10(14)11(7-9)17(20)21/h3-4,7,18H,5-6,8H2,1-2H3,(H2,15,16,19). The highest BCUT2D eigenvalue weighted by atomic mass is 35.5. The second kappa shape index (κ2) is 7.92. The van der Waals surface area contributed by atoms with Crippen LogP contribution in [0.25, 0.3) is 0 Å². The molecule has 0 saturated heterocycles. The molecule has 1 aromatic carbocycles.